The third-order valence-corrected chi connectivity index (χ3v) is 4.34. The lowest BCUT2D eigenvalue weighted by molar-refractivity contribution is -0.121. The number of H-pyrrole nitrogens is 1. The summed E-state index contributed by atoms with van der Waals surface area (Å²) >= 11 is 5.94. The maximum Gasteiger partial charge on any atom is 0.258 e. The third-order valence-electron chi connectivity index (χ3n) is 4.10. The molecule has 1 amide bonds. The molecule has 2 aromatic carbocycles. The number of aromatic amines is 1. The Morgan fingerprint density at radius 3 is 2.81 bits per heavy atom. The molecular formula is C20H20ClN3O2. The number of carbonyl (C=O) groups excluding carboxylic acids is 1. The zero-order valence-electron chi connectivity index (χ0n) is 14.3. The van der Waals surface area contributed by atoms with E-state index in [0.717, 1.165) is 12.0 Å². The first kappa shape index (κ1) is 18.1. The molecule has 0 atom stereocenters. The Labute approximate surface area is 156 Å². The van der Waals surface area contributed by atoms with Gasteiger partial charge in [-0.05, 0) is 42.7 Å². The van der Waals surface area contributed by atoms with E-state index >= 15 is 0 Å². The minimum atomic E-state index is -0.142. The molecule has 0 bridgehead atoms. The Bertz CT molecular complexity index is 968. The van der Waals surface area contributed by atoms with Gasteiger partial charge in [0, 0.05) is 24.4 Å². The molecule has 134 valence electrons. The van der Waals surface area contributed by atoms with E-state index < -0.39 is 0 Å². The van der Waals surface area contributed by atoms with Crippen molar-refractivity contribution in [3.05, 3.63) is 75.3 Å². The van der Waals surface area contributed by atoms with Crippen molar-refractivity contribution in [3.8, 4) is 0 Å². The summed E-state index contributed by atoms with van der Waals surface area (Å²) < 4.78 is 0. The van der Waals surface area contributed by atoms with Crippen LogP contribution in [0.3, 0.4) is 0 Å². The van der Waals surface area contributed by atoms with Gasteiger partial charge in [0.05, 0.1) is 10.9 Å². The smallest absolute Gasteiger partial charge is 0.258 e. The molecule has 0 saturated heterocycles. The summed E-state index contributed by atoms with van der Waals surface area (Å²) in [4.78, 5) is 31.2. The molecule has 6 heteroatoms. The van der Waals surface area contributed by atoms with E-state index in [1.165, 1.54) is 0 Å². The Hall–Kier alpha value is -2.66. The molecule has 0 aliphatic heterocycles. The monoisotopic (exact) mass is 369 g/mol. The van der Waals surface area contributed by atoms with Crippen molar-refractivity contribution in [1.29, 1.82) is 0 Å². The first-order chi connectivity index (χ1) is 12.6. The van der Waals surface area contributed by atoms with Crippen LogP contribution in [0.2, 0.25) is 5.02 Å². The SMILES string of the molecule is O=C(CCCc1nc2ccccc2c(=O)[nH]1)NCCc1cccc(Cl)c1. The third kappa shape index (κ3) is 4.92. The van der Waals surface area contributed by atoms with Gasteiger partial charge in [-0.2, -0.15) is 0 Å². The average Bonchev–Trinajstić information content (AvgIpc) is 2.62. The number of rotatable bonds is 7. The van der Waals surface area contributed by atoms with Gasteiger partial charge in [0.1, 0.15) is 5.82 Å². The van der Waals surface area contributed by atoms with Crippen LogP contribution in [0.15, 0.2) is 53.3 Å². The number of hydrogen-bond donors (Lipinski definition) is 2. The van der Waals surface area contributed by atoms with Gasteiger partial charge in [0.2, 0.25) is 5.91 Å². The highest BCUT2D eigenvalue weighted by molar-refractivity contribution is 6.30. The molecular weight excluding hydrogens is 350 g/mol. The molecule has 26 heavy (non-hydrogen) atoms. The van der Waals surface area contributed by atoms with Crippen LogP contribution in [0.5, 0.6) is 0 Å². The Morgan fingerprint density at radius 2 is 1.96 bits per heavy atom. The van der Waals surface area contributed by atoms with Crippen LogP contribution >= 0.6 is 11.6 Å². The number of halogens is 1. The molecule has 0 fully saturated rings. The maximum atomic E-state index is 12.0. The number of nitrogens with one attached hydrogen (secondary N) is 2. The first-order valence-corrected chi connectivity index (χ1v) is 8.99. The van der Waals surface area contributed by atoms with E-state index in [-0.39, 0.29) is 11.5 Å². The number of aryl methyl sites for hydroxylation is 1. The summed E-state index contributed by atoms with van der Waals surface area (Å²) in [5, 5.41) is 4.18. The minimum Gasteiger partial charge on any atom is -0.356 e. The highest BCUT2D eigenvalue weighted by Gasteiger charge is 2.05. The summed E-state index contributed by atoms with van der Waals surface area (Å²) in [6, 6.07) is 14.8. The molecule has 0 spiro atoms. The van der Waals surface area contributed by atoms with Crippen molar-refractivity contribution >= 4 is 28.4 Å². The van der Waals surface area contributed by atoms with Gasteiger partial charge < -0.3 is 10.3 Å². The van der Waals surface area contributed by atoms with Gasteiger partial charge >= 0.3 is 0 Å². The lowest BCUT2D eigenvalue weighted by atomic mass is 10.1. The van der Waals surface area contributed by atoms with Crippen LogP contribution in [-0.4, -0.2) is 22.4 Å². The standard InChI is InChI=1S/C20H20ClN3O2/c21-15-6-3-5-14(13-15)11-12-22-19(25)10-4-9-18-23-17-8-2-1-7-16(17)20(26)24-18/h1-3,5-8,13H,4,9-12H2,(H,22,25)(H,23,24,26). The molecule has 3 aromatic rings. The highest BCUT2D eigenvalue weighted by Crippen LogP contribution is 2.11. The molecule has 1 heterocycles. The molecule has 0 radical (unpaired) electrons. The summed E-state index contributed by atoms with van der Waals surface area (Å²) in [5.41, 5.74) is 1.63. The summed E-state index contributed by atoms with van der Waals surface area (Å²) in [5.74, 6) is 0.607. The van der Waals surface area contributed by atoms with E-state index in [9.17, 15) is 9.59 Å². The van der Waals surface area contributed by atoms with Crippen LogP contribution in [-0.2, 0) is 17.6 Å². The lowest BCUT2D eigenvalue weighted by Gasteiger charge is -2.06. The van der Waals surface area contributed by atoms with Gasteiger partial charge in [-0.25, -0.2) is 4.98 Å². The second-order valence-electron chi connectivity index (χ2n) is 6.11. The number of hydrogen-bond acceptors (Lipinski definition) is 3. The number of fused-ring (bicyclic) bond motifs is 1. The number of aromatic nitrogens is 2. The van der Waals surface area contributed by atoms with E-state index in [1.54, 1.807) is 6.07 Å². The summed E-state index contributed by atoms with van der Waals surface area (Å²) in [7, 11) is 0. The summed E-state index contributed by atoms with van der Waals surface area (Å²) in [6.07, 6.45) is 2.32. The zero-order chi connectivity index (χ0) is 18.4. The van der Waals surface area contributed by atoms with E-state index in [4.69, 9.17) is 11.6 Å². The zero-order valence-corrected chi connectivity index (χ0v) is 15.1. The fraction of sp³-hybridized carbons (Fsp3) is 0.250. The number of nitrogens with zero attached hydrogens (tertiary/aromatic N) is 1. The molecule has 3 rings (SSSR count). The van der Waals surface area contributed by atoms with Crippen LogP contribution in [0, 0.1) is 0 Å². The quantitative estimate of drug-likeness (QED) is 0.671. The average molecular weight is 370 g/mol. The van der Waals surface area contributed by atoms with E-state index in [1.807, 2.05) is 42.5 Å². The number of amides is 1. The fourth-order valence-electron chi connectivity index (χ4n) is 2.80. The van der Waals surface area contributed by atoms with Gasteiger partial charge in [-0.1, -0.05) is 35.9 Å². The molecule has 2 N–H and O–H groups in total. The normalized spacial score (nSPS) is 10.8. The Kier molecular flexibility index (Phi) is 6.02. The van der Waals surface area contributed by atoms with Gasteiger partial charge in [-0.15, -0.1) is 0 Å². The topological polar surface area (TPSA) is 74.8 Å². The Morgan fingerprint density at radius 1 is 1.12 bits per heavy atom. The summed E-state index contributed by atoms with van der Waals surface area (Å²) in [6.45, 7) is 0.574. The second kappa shape index (κ2) is 8.63. The van der Waals surface area contributed by atoms with Crippen molar-refractivity contribution < 1.29 is 4.79 Å². The predicted octanol–water partition coefficient (Wildman–Crippen LogP) is 3.26. The Balaban J connectivity index is 1.44. The van der Waals surface area contributed by atoms with Gasteiger partial charge in [0.25, 0.3) is 5.56 Å². The second-order valence-corrected chi connectivity index (χ2v) is 6.55. The van der Waals surface area contributed by atoms with Crippen LogP contribution < -0.4 is 10.9 Å². The highest BCUT2D eigenvalue weighted by atomic mass is 35.5. The molecule has 0 saturated carbocycles. The van der Waals surface area contributed by atoms with Crippen LogP contribution in [0.1, 0.15) is 24.2 Å². The number of benzene rings is 2. The van der Waals surface area contributed by atoms with Gasteiger partial charge in [0.15, 0.2) is 0 Å². The molecule has 0 aliphatic rings. The van der Waals surface area contributed by atoms with Crippen LogP contribution in [0.4, 0.5) is 0 Å². The molecule has 1 aromatic heterocycles. The predicted molar refractivity (Wildman–Crippen MR) is 103 cm³/mol. The van der Waals surface area contributed by atoms with E-state index in [0.29, 0.717) is 47.6 Å². The maximum absolute atomic E-state index is 12.0. The molecule has 5 nitrogen and oxygen atoms in total. The molecule has 0 aliphatic carbocycles. The molecule has 0 unspecified atom stereocenters. The van der Waals surface area contributed by atoms with Crippen LogP contribution in [0.25, 0.3) is 10.9 Å². The number of para-hydroxylation sites is 1. The number of carbonyl (C=O) groups is 1. The fourth-order valence-corrected chi connectivity index (χ4v) is 3.01. The first-order valence-electron chi connectivity index (χ1n) is 8.61. The minimum absolute atomic E-state index is 0.00448. The largest absolute Gasteiger partial charge is 0.356 e. The van der Waals surface area contributed by atoms with Crippen molar-refractivity contribution in [2.24, 2.45) is 0 Å². The van der Waals surface area contributed by atoms with Crippen molar-refractivity contribution in [1.82, 2.24) is 15.3 Å². The van der Waals surface area contributed by atoms with Crippen molar-refractivity contribution in [3.63, 3.8) is 0 Å². The van der Waals surface area contributed by atoms with Crippen molar-refractivity contribution in [2.75, 3.05) is 6.54 Å². The lowest BCUT2D eigenvalue weighted by Crippen LogP contribution is -2.25. The van der Waals surface area contributed by atoms with Gasteiger partial charge in [-0.3, -0.25) is 9.59 Å². The van der Waals surface area contributed by atoms with E-state index in [2.05, 4.69) is 15.3 Å². The van der Waals surface area contributed by atoms with Crippen molar-refractivity contribution in [2.45, 2.75) is 25.7 Å².